The summed E-state index contributed by atoms with van der Waals surface area (Å²) in [6, 6.07) is -2.39. The van der Waals surface area contributed by atoms with Crippen LogP contribution in [0.1, 0.15) is 6.92 Å². The number of halogens is 4. The topological polar surface area (TPSA) is 0 Å². The van der Waals surface area contributed by atoms with Crippen molar-refractivity contribution < 1.29 is 0 Å². The lowest BCUT2D eigenvalue weighted by Crippen LogP contribution is -2.17. The van der Waals surface area contributed by atoms with Crippen LogP contribution in [0.25, 0.3) is 0 Å². The van der Waals surface area contributed by atoms with Crippen molar-refractivity contribution in [3.63, 3.8) is 0 Å². The number of alkyl halides is 1. The predicted octanol–water partition coefficient (Wildman–Crippen LogP) is 3.43. The summed E-state index contributed by atoms with van der Waals surface area (Å²) in [6.07, 6.45) is 0. The van der Waals surface area contributed by atoms with E-state index in [4.69, 9.17) is 33.2 Å². The fourth-order valence-corrected chi connectivity index (χ4v) is 4.09. The minimum Gasteiger partial charge on any atom is -0.126 e. The Balaban J connectivity index is 3.62. The van der Waals surface area contributed by atoms with Gasteiger partial charge in [-0.1, -0.05) is 22.9 Å². The Bertz CT molecular complexity index is 71.4. The van der Waals surface area contributed by atoms with Gasteiger partial charge in [0.25, 0.3) is 0 Å². The second kappa shape index (κ2) is 3.67. The van der Waals surface area contributed by atoms with Crippen molar-refractivity contribution in [3.8, 4) is 0 Å². The van der Waals surface area contributed by atoms with Crippen LogP contribution in [0.5, 0.6) is 0 Å². The van der Waals surface area contributed by atoms with Crippen LogP contribution in [0.4, 0.5) is 0 Å². The number of hydrogen-bond donors (Lipinski definition) is 0. The number of rotatable bonds is 2. The molecule has 0 aliphatic carbocycles. The highest BCUT2D eigenvalue weighted by Gasteiger charge is 2.31. The van der Waals surface area contributed by atoms with Crippen LogP contribution in [0.3, 0.4) is 0 Å². The van der Waals surface area contributed by atoms with Crippen LogP contribution in [0, 0.1) is 0 Å². The van der Waals surface area contributed by atoms with Crippen molar-refractivity contribution in [2.45, 2.75) is 12.5 Å². The molecule has 1 atom stereocenters. The Morgan fingerprint density at radius 3 is 1.88 bits per heavy atom. The first-order valence-corrected chi connectivity index (χ1v) is 8.34. The zero-order valence-electron chi connectivity index (χ0n) is 4.30. The van der Waals surface area contributed by atoms with Crippen molar-refractivity contribution in [1.29, 1.82) is 0 Å². The summed E-state index contributed by atoms with van der Waals surface area (Å²) < 4.78 is 0. The molecular formula is C3H6BrCl3Si. The molecule has 50 valence electrons. The second-order valence-electron chi connectivity index (χ2n) is 1.60. The molecule has 0 nitrogen and oxygen atoms in total. The van der Waals surface area contributed by atoms with Gasteiger partial charge < -0.3 is 0 Å². The predicted molar refractivity (Wildman–Crippen MR) is 46.5 cm³/mol. The highest BCUT2D eigenvalue weighted by Crippen LogP contribution is 2.34. The van der Waals surface area contributed by atoms with Crippen LogP contribution in [-0.2, 0) is 0 Å². The minimum atomic E-state index is -2.39. The Hall–Kier alpha value is 1.57. The zero-order chi connectivity index (χ0) is 6.78. The molecule has 0 saturated heterocycles. The van der Waals surface area contributed by atoms with Gasteiger partial charge in [-0.3, -0.25) is 0 Å². The fourth-order valence-electron chi connectivity index (χ4n) is 0.0875. The Labute approximate surface area is 72.7 Å². The zero-order valence-corrected chi connectivity index (χ0v) is 9.15. The van der Waals surface area contributed by atoms with Gasteiger partial charge in [0.15, 0.2) is 0 Å². The van der Waals surface area contributed by atoms with Crippen LogP contribution >= 0.6 is 49.2 Å². The molecule has 1 unspecified atom stereocenters. The molecule has 0 saturated carbocycles. The van der Waals surface area contributed by atoms with E-state index in [-0.39, 0.29) is 5.54 Å². The van der Waals surface area contributed by atoms with E-state index < -0.39 is 6.00 Å². The summed E-state index contributed by atoms with van der Waals surface area (Å²) in [6.45, 7) is 1.92. The van der Waals surface area contributed by atoms with E-state index in [1.165, 1.54) is 0 Å². The van der Waals surface area contributed by atoms with Gasteiger partial charge in [0.05, 0.1) is 0 Å². The molecule has 0 aromatic heterocycles. The molecular weight excluding hydrogens is 250 g/mol. The minimum absolute atomic E-state index is 0.201. The summed E-state index contributed by atoms with van der Waals surface area (Å²) in [5.41, 5.74) is 0.201. The Morgan fingerprint density at radius 1 is 1.50 bits per heavy atom. The van der Waals surface area contributed by atoms with E-state index in [0.29, 0.717) is 0 Å². The molecule has 0 rings (SSSR count). The molecule has 0 aliphatic heterocycles. The van der Waals surface area contributed by atoms with Crippen LogP contribution in [-0.4, -0.2) is 11.3 Å². The van der Waals surface area contributed by atoms with Gasteiger partial charge in [0.2, 0.25) is 0 Å². The van der Waals surface area contributed by atoms with E-state index in [0.717, 1.165) is 5.33 Å². The molecule has 0 amide bonds. The average Bonchev–Trinajstić information content (AvgIpc) is 1.62. The summed E-state index contributed by atoms with van der Waals surface area (Å²) in [7, 11) is 0. The summed E-state index contributed by atoms with van der Waals surface area (Å²) in [5, 5.41) is 0.774. The smallest absolute Gasteiger partial charge is 0.126 e. The highest BCUT2D eigenvalue weighted by atomic mass is 79.9. The molecule has 0 radical (unpaired) electrons. The van der Waals surface area contributed by atoms with Crippen LogP contribution in [0.15, 0.2) is 0 Å². The first-order valence-electron chi connectivity index (χ1n) is 2.11. The molecule has 0 aromatic carbocycles. The second-order valence-corrected chi connectivity index (χ2v) is 11.4. The third-order valence-electron chi connectivity index (χ3n) is 0.790. The lowest BCUT2D eigenvalue weighted by Gasteiger charge is -2.12. The van der Waals surface area contributed by atoms with Crippen LogP contribution in [0.2, 0.25) is 5.54 Å². The maximum Gasteiger partial charge on any atom is 0.344 e. The molecule has 8 heavy (non-hydrogen) atoms. The maximum absolute atomic E-state index is 5.62. The fraction of sp³-hybridized carbons (Fsp3) is 1.00. The van der Waals surface area contributed by atoms with Gasteiger partial charge in [-0.2, -0.15) is 0 Å². The standard InChI is InChI=1S/C3H6BrCl3Si/c1-3(2-4)8(5,6)7/h3H,2H2,1H3. The summed E-state index contributed by atoms with van der Waals surface area (Å²) in [4.78, 5) is 0. The summed E-state index contributed by atoms with van der Waals surface area (Å²) >= 11 is 20.1. The highest BCUT2D eigenvalue weighted by molar-refractivity contribution is 9.09. The SMILES string of the molecule is CC(CBr)[Si](Cl)(Cl)Cl. The molecule has 0 N–H and O–H groups in total. The van der Waals surface area contributed by atoms with E-state index >= 15 is 0 Å². The number of hydrogen-bond acceptors (Lipinski definition) is 0. The summed E-state index contributed by atoms with van der Waals surface area (Å²) in [5.74, 6) is 0. The van der Waals surface area contributed by atoms with E-state index in [1.54, 1.807) is 0 Å². The van der Waals surface area contributed by atoms with E-state index in [1.807, 2.05) is 6.92 Å². The molecule has 0 fully saturated rings. The van der Waals surface area contributed by atoms with Crippen molar-refractivity contribution in [3.05, 3.63) is 0 Å². The third-order valence-corrected chi connectivity index (χ3v) is 7.03. The van der Waals surface area contributed by atoms with E-state index in [2.05, 4.69) is 15.9 Å². The van der Waals surface area contributed by atoms with Crippen molar-refractivity contribution in [1.82, 2.24) is 0 Å². The monoisotopic (exact) mass is 254 g/mol. The van der Waals surface area contributed by atoms with Crippen molar-refractivity contribution in [2.24, 2.45) is 0 Å². The first kappa shape index (κ1) is 9.57. The van der Waals surface area contributed by atoms with Gasteiger partial charge in [-0.25, -0.2) is 0 Å². The molecule has 0 bridgehead atoms. The lowest BCUT2D eigenvalue weighted by atomic mass is 10.6. The molecule has 0 spiro atoms. The van der Waals surface area contributed by atoms with Gasteiger partial charge in [0, 0.05) is 10.9 Å². The van der Waals surface area contributed by atoms with E-state index in [9.17, 15) is 0 Å². The first-order chi connectivity index (χ1) is 3.48. The lowest BCUT2D eigenvalue weighted by molar-refractivity contribution is 1.09. The van der Waals surface area contributed by atoms with Crippen LogP contribution < -0.4 is 0 Å². The van der Waals surface area contributed by atoms with Crippen molar-refractivity contribution in [2.75, 3.05) is 5.33 Å². The largest absolute Gasteiger partial charge is 0.344 e. The average molecular weight is 256 g/mol. The molecule has 0 aliphatic rings. The van der Waals surface area contributed by atoms with Gasteiger partial charge in [-0.05, 0) is 0 Å². The van der Waals surface area contributed by atoms with Gasteiger partial charge in [0.1, 0.15) is 0 Å². The Kier molecular flexibility index (Phi) is 4.38. The normalized spacial score (nSPS) is 16.1. The third kappa shape index (κ3) is 3.57. The van der Waals surface area contributed by atoms with Crippen molar-refractivity contribution >= 4 is 55.2 Å². The maximum atomic E-state index is 5.62. The molecule has 0 aromatic rings. The molecule has 0 heterocycles. The Morgan fingerprint density at radius 2 is 1.88 bits per heavy atom. The van der Waals surface area contributed by atoms with Gasteiger partial charge >= 0.3 is 6.00 Å². The quantitative estimate of drug-likeness (QED) is 0.403. The van der Waals surface area contributed by atoms with Gasteiger partial charge in [-0.15, -0.1) is 33.2 Å². The molecule has 5 heteroatoms.